The number of aliphatic hydroxyl groups excluding tert-OH is 2. The molecule has 0 saturated heterocycles. The summed E-state index contributed by atoms with van der Waals surface area (Å²) in [5, 5.41) is 30.4. The van der Waals surface area contributed by atoms with Crippen molar-refractivity contribution in [1.82, 2.24) is 0 Å². The monoisotopic (exact) mass is 366 g/mol. The van der Waals surface area contributed by atoms with Crippen molar-refractivity contribution in [2.75, 3.05) is 6.61 Å². The van der Waals surface area contributed by atoms with Crippen LogP contribution in [0.1, 0.15) is 62.6 Å². The molecule has 1 aromatic rings. The maximum absolute atomic E-state index is 12.0. The number of hydrogen-bond donors (Lipinski definition) is 3. The third kappa shape index (κ3) is 2.79. The summed E-state index contributed by atoms with van der Waals surface area (Å²) in [6, 6.07) is 4.02. The molecule has 2 aliphatic carbocycles. The zero-order valence-electron chi connectivity index (χ0n) is 15.1. The zero-order chi connectivity index (χ0) is 18.6. The molecule has 5 atom stereocenters. The van der Waals surface area contributed by atoms with Crippen LogP contribution >= 0.6 is 11.6 Å². The highest BCUT2D eigenvalue weighted by Gasteiger charge is 2.57. The van der Waals surface area contributed by atoms with E-state index in [4.69, 9.17) is 11.6 Å². The predicted molar refractivity (Wildman–Crippen MR) is 97.1 cm³/mol. The Bertz CT molecular complexity index is 703. The molecular formula is C20H27ClO4. The van der Waals surface area contributed by atoms with E-state index < -0.39 is 22.9 Å². The van der Waals surface area contributed by atoms with Crippen molar-refractivity contribution in [2.45, 2.75) is 63.9 Å². The topological polar surface area (TPSA) is 77.8 Å². The van der Waals surface area contributed by atoms with E-state index in [9.17, 15) is 20.1 Å². The fraction of sp³-hybridized carbons (Fsp3) is 0.650. The molecular weight excluding hydrogens is 340 g/mol. The van der Waals surface area contributed by atoms with Crippen molar-refractivity contribution >= 4 is 17.6 Å². The molecule has 1 fully saturated rings. The van der Waals surface area contributed by atoms with Crippen LogP contribution in [0.2, 0.25) is 5.02 Å². The number of carboxylic acids is 1. The molecule has 4 nitrogen and oxygen atoms in total. The third-order valence-electron chi connectivity index (χ3n) is 6.69. The Balaban J connectivity index is 2.13. The van der Waals surface area contributed by atoms with Crippen molar-refractivity contribution in [3.63, 3.8) is 0 Å². The van der Waals surface area contributed by atoms with Crippen molar-refractivity contribution in [1.29, 1.82) is 0 Å². The fourth-order valence-corrected chi connectivity index (χ4v) is 5.71. The van der Waals surface area contributed by atoms with Crippen LogP contribution in [0.4, 0.5) is 0 Å². The predicted octanol–water partition coefficient (Wildman–Crippen LogP) is 3.50. The highest BCUT2D eigenvalue weighted by Crippen LogP contribution is 2.58. The number of halogens is 1. The number of rotatable bonds is 3. The number of aliphatic carboxylic acids is 1. The first-order valence-corrected chi connectivity index (χ1v) is 9.36. The molecule has 25 heavy (non-hydrogen) atoms. The lowest BCUT2D eigenvalue weighted by Crippen LogP contribution is -2.56. The van der Waals surface area contributed by atoms with Gasteiger partial charge in [0.05, 0.1) is 11.5 Å². The maximum Gasteiger partial charge on any atom is 0.309 e. The Kier molecular flexibility index (Phi) is 4.68. The number of carboxylic acid groups (broad SMARTS) is 1. The second-order valence-electron chi connectivity index (χ2n) is 8.41. The lowest BCUT2D eigenvalue weighted by atomic mass is 9.49. The van der Waals surface area contributed by atoms with Gasteiger partial charge in [-0.1, -0.05) is 31.5 Å². The summed E-state index contributed by atoms with van der Waals surface area (Å²) in [5.41, 5.74) is 1.81. The molecule has 3 N–H and O–H groups in total. The van der Waals surface area contributed by atoms with Crippen LogP contribution in [0.3, 0.4) is 0 Å². The standard InChI is InChI=1S/C20H27ClO4/c1-11(10-22)14-6-12-4-5-17-19(2,15(12)7-16(14)21)8-13(23)9-20(17,3)18(24)25/h6-7,11,13,17,22-23H,4-5,8-10H2,1-3H3,(H,24,25)/t11-,13+,17+,19+,20+/m0/s1. The summed E-state index contributed by atoms with van der Waals surface area (Å²) in [6.45, 7) is 5.82. The number of carbonyl (C=O) groups is 1. The largest absolute Gasteiger partial charge is 0.481 e. The first-order chi connectivity index (χ1) is 11.6. The van der Waals surface area contributed by atoms with Crippen LogP contribution in [0, 0.1) is 11.3 Å². The normalized spacial score (nSPS) is 35.6. The maximum atomic E-state index is 12.0. The number of aliphatic hydroxyl groups is 2. The van der Waals surface area contributed by atoms with E-state index >= 15 is 0 Å². The summed E-state index contributed by atoms with van der Waals surface area (Å²) in [4.78, 5) is 12.0. The van der Waals surface area contributed by atoms with Gasteiger partial charge >= 0.3 is 5.97 Å². The Labute approximate surface area is 153 Å². The van der Waals surface area contributed by atoms with Crippen LogP contribution < -0.4 is 0 Å². The summed E-state index contributed by atoms with van der Waals surface area (Å²) >= 11 is 6.51. The summed E-state index contributed by atoms with van der Waals surface area (Å²) in [6.07, 6.45) is 1.80. The molecule has 0 radical (unpaired) electrons. The summed E-state index contributed by atoms with van der Waals surface area (Å²) in [5.74, 6) is -0.905. The molecule has 0 spiro atoms. The molecule has 1 aromatic carbocycles. The van der Waals surface area contributed by atoms with Gasteiger partial charge in [0.1, 0.15) is 0 Å². The van der Waals surface area contributed by atoms with Crippen LogP contribution in [-0.4, -0.2) is 34.0 Å². The van der Waals surface area contributed by atoms with E-state index in [1.807, 2.05) is 13.0 Å². The number of aryl methyl sites for hydroxylation is 1. The van der Waals surface area contributed by atoms with Gasteiger partial charge in [0.15, 0.2) is 0 Å². The molecule has 0 unspecified atom stereocenters. The van der Waals surface area contributed by atoms with Crippen molar-refractivity contribution in [2.24, 2.45) is 11.3 Å². The van der Waals surface area contributed by atoms with Gasteiger partial charge in [0.25, 0.3) is 0 Å². The molecule has 0 bridgehead atoms. The van der Waals surface area contributed by atoms with Gasteiger partial charge in [-0.15, -0.1) is 0 Å². The molecule has 2 aliphatic rings. The molecule has 5 heteroatoms. The van der Waals surface area contributed by atoms with E-state index in [-0.39, 0.29) is 18.4 Å². The molecule has 138 valence electrons. The van der Waals surface area contributed by atoms with E-state index in [0.29, 0.717) is 17.9 Å². The van der Waals surface area contributed by atoms with Gasteiger partial charge in [-0.2, -0.15) is 0 Å². The lowest BCUT2D eigenvalue weighted by molar-refractivity contribution is -0.162. The second kappa shape index (κ2) is 6.26. The smallest absolute Gasteiger partial charge is 0.309 e. The highest BCUT2D eigenvalue weighted by molar-refractivity contribution is 6.31. The lowest BCUT2D eigenvalue weighted by Gasteiger charge is -2.55. The minimum atomic E-state index is -0.937. The van der Waals surface area contributed by atoms with Gasteiger partial charge in [-0.25, -0.2) is 0 Å². The molecule has 0 aromatic heterocycles. The Hall–Kier alpha value is -1.10. The number of hydrogen-bond acceptors (Lipinski definition) is 3. The van der Waals surface area contributed by atoms with Crippen LogP contribution in [-0.2, 0) is 16.6 Å². The van der Waals surface area contributed by atoms with E-state index in [0.717, 1.165) is 24.0 Å². The Morgan fingerprint density at radius 3 is 2.64 bits per heavy atom. The van der Waals surface area contributed by atoms with Gasteiger partial charge < -0.3 is 15.3 Å². The van der Waals surface area contributed by atoms with Gasteiger partial charge in [-0.3, -0.25) is 4.79 Å². The Morgan fingerprint density at radius 1 is 1.36 bits per heavy atom. The average Bonchev–Trinajstić information content (AvgIpc) is 2.53. The quantitative estimate of drug-likeness (QED) is 0.765. The van der Waals surface area contributed by atoms with Gasteiger partial charge in [0.2, 0.25) is 0 Å². The van der Waals surface area contributed by atoms with Crippen LogP contribution in [0.25, 0.3) is 0 Å². The van der Waals surface area contributed by atoms with Crippen molar-refractivity contribution in [3.8, 4) is 0 Å². The van der Waals surface area contributed by atoms with E-state index in [2.05, 4.69) is 13.0 Å². The first-order valence-electron chi connectivity index (χ1n) is 8.98. The fourth-order valence-electron chi connectivity index (χ4n) is 5.36. The van der Waals surface area contributed by atoms with Crippen molar-refractivity contribution < 1.29 is 20.1 Å². The van der Waals surface area contributed by atoms with Crippen LogP contribution in [0.15, 0.2) is 12.1 Å². The van der Waals surface area contributed by atoms with Gasteiger partial charge in [-0.05, 0) is 66.7 Å². The van der Waals surface area contributed by atoms with E-state index in [1.54, 1.807) is 6.92 Å². The molecule has 0 amide bonds. The number of fused-ring (bicyclic) bond motifs is 3. The van der Waals surface area contributed by atoms with E-state index in [1.165, 1.54) is 5.56 Å². The highest BCUT2D eigenvalue weighted by atomic mass is 35.5. The minimum Gasteiger partial charge on any atom is -0.481 e. The first kappa shape index (κ1) is 18.7. The van der Waals surface area contributed by atoms with Gasteiger partial charge in [0, 0.05) is 17.5 Å². The Morgan fingerprint density at radius 2 is 2.04 bits per heavy atom. The molecule has 0 aliphatic heterocycles. The average molecular weight is 367 g/mol. The van der Waals surface area contributed by atoms with Crippen molar-refractivity contribution in [3.05, 3.63) is 33.8 Å². The minimum absolute atomic E-state index is 0.0359. The molecule has 3 rings (SSSR count). The summed E-state index contributed by atoms with van der Waals surface area (Å²) < 4.78 is 0. The summed E-state index contributed by atoms with van der Waals surface area (Å²) in [7, 11) is 0. The van der Waals surface area contributed by atoms with Crippen LogP contribution in [0.5, 0.6) is 0 Å². The third-order valence-corrected chi connectivity index (χ3v) is 7.02. The number of benzene rings is 1. The second-order valence-corrected chi connectivity index (χ2v) is 8.82. The molecule has 1 saturated carbocycles. The zero-order valence-corrected chi connectivity index (χ0v) is 15.8. The SMILES string of the molecule is C[C@@H](CO)c1cc2c(cc1Cl)[C@@]1(C)C[C@@H](O)C[C@@](C)(C(=O)O)[C@@H]1CC2. The molecule has 0 heterocycles.